The zero-order valence-corrected chi connectivity index (χ0v) is 17.7. The Balaban J connectivity index is 1.59. The van der Waals surface area contributed by atoms with E-state index in [0.29, 0.717) is 15.9 Å². The summed E-state index contributed by atoms with van der Waals surface area (Å²) in [6.07, 6.45) is 2.17. The van der Waals surface area contributed by atoms with E-state index in [0.717, 1.165) is 34.4 Å². The predicted octanol–water partition coefficient (Wildman–Crippen LogP) is 6.24. The van der Waals surface area contributed by atoms with E-state index in [1.807, 2.05) is 24.3 Å². The van der Waals surface area contributed by atoms with Crippen LogP contribution in [0.5, 0.6) is 0 Å². The molecule has 4 aromatic rings. The summed E-state index contributed by atoms with van der Waals surface area (Å²) in [5.41, 5.74) is 4.58. The van der Waals surface area contributed by atoms with Crippen LogP contribution in [0.2, 0.25) is 0 Å². The number of rotatable bonds is 5. The van der Waals surface area contributed by atoms with Crippen LogP contribution in [0, 0.1) is 10.1 Å². The molecule has 2 aromatic carbocycles. The van der Waals surface area contributed by atoms with Crippen molar-refractivity contribution in [2.24, 2.45) is 0 Å². The Bertz CT molecular complexity index is 1240. The highest BCUT2D eigenvalue weighted by molar-refractivity contribution is 9.08. The lowest BCUT2D eigenvalue weighted by molar-refractivity contribution is -0.384. The first-order valence-electron chi connectivity index (χ1n) is 9.28. The van der Waals surface area contributed by atoms with Crippen LogP contribution in [0.1, 0.15) is 29.7 Å². The SMILES string of the molecule is O=[N+]([O-])c1cc(CBr)ccc1-c1nc2ccc(C3(c4ccccc4)CC3)nc2s1. The van der Waals surface area contributed by atoms with E-state index < -0.39 is 0 Å². The molecule has 0 aliphatic heterocycles. The number of nitro groups is 1. The third-order valence-electron chi connectivity index (χ3n) is 5.47. The maximum Gasteiger partial charge on any atom is 0.279 e. The molecular formula is C22H16BrN3O2S. The van der Waals surface area contributed by atoms with Crippen LogP contribution in [0.4, 0.5) is 5.69 Å². The second-order valence-electron chi connectivity index (χ2n) is 7.23. The van der Waals surface area contributed by atoms with Crippen molar-refractivity contribution in [1.82, 2.24) is 9.97 Å². The summed E-state index contributed by atoms with van der Waals surface area (Å²) in [4.78, 5) is 21.6. The van der Waals surface area contributed by atoms with E-state index in [4.69, 9.17) is 4.98 Å². The zero-order valence-electron chi connectivity index (χ0n) is 15.3. The van der Waals surface area contributed by atoms with Crippen LogP contribution in [0.3, 0.4) is 0 Å². The molecule has 0 bridgehead atoms. The molecule has 0 N–H and O–H groups in total. The lowest BCUT2D eigenvalue weighted by Crippen LogP contribution is -2.10. The third-order valence-corrected chi connectivity index (χ3v) is 7.11. The molecule has 0 saturated heterocycles. The maximum atomic E-state index is 11.6. The summed E-state index contributed by atoms with van der Waals surface area (Å²) >= 11 is 4.77. The van der Waals surface area contributed by atoms with Crippen molar-refractivity contribution < 1.29 is 4.92 Å². The molecular weight excluding hydrogens is 450 g/mol. The minimum absolute atomic E-state index is 0.0108. The standard InChI is InChI=1S/C22H16BrN3O2S/c23-13-14-6-7-16(18(12-14)26(27)28)20-24-17-8-9-19(25-21(17)29-20)22(10-11-22)15-4-2-1-3-5-15/h1-9,12H,10-11,13H2. The van der Waals surface area contributed by atoms with Gasteiger partial charge < -0.3 is 0 Å². The number of aromatic nitrogens is 2. The normalized spacial score (nSPS) is 14.8. The summed E-state index contributed by atoms with van der Waals surface area (Å²) in [6, 6.07) is 19.8. The van der Waals surface area contributed by atoms with Crippen LogP contribution in [0.15, 0.2) is 60.7 Å². The number of fused-ring (bicyclic) bond motifs is 1. The molecule has 0 amide bonds. The average molecular weight is 466 g/mol. The second-order valence-corrected chi connectivity index (χ2v) is 8.77. The number of thiazole rings is 1. The molecule has 144 valence electrons. The van der Waals surface area contributed by atoms with E-state index in [1.54, 1.807) is 12.1 Å². The largest absolute Gasteiger partial charge is 0.279 e. The van der Waals surface area contributed by atoms with Gasteiger partial charge in [0.25, 0.3) is 5.69 Å². The Labute approximate surface area is 179 Å². The van der Waals surface area contributed by atoms with Crippen molar-refractivity contribution in [3.05, 3.63) is 87.6 Å². The molecule has 2 heterocycles. The topological polar surface area (TPSA) is 68.9 Å². The van der Waals surface area contributed by atoms with Crippen LogP contribution in [0.25, 0.3) is 20.9 Å². The first-order valence-corrected chi connectivity index (χ1v) is 11.2. The van der Waals surface area contributed by atoms with Crippen molar-refractivity contribution in [3.8, 4) is 10.6 Å². The fourth-order valence-corrected chi connectivity index (χ4v) is 5.09. The third kappa shape index (κ3) is 3.14. The number of nitrogens with zero attached hydrogens (tertiary/aromatic N) is 3. The molecule has 29 heavy (non-hydrogen) atoms. The molecule has 7 heteroatoms. The number of hydrogen-bond acceptors (Lipinski definition) is 5. The molecule has 1 aliphatic rings. The van der Waals surface area contributed by atoms with E-state index in [1.165, 1.54) is 16.9 Å². The van der Waals surface area contributed by atoms with Crippen molar-refractivity contribution in [1.29, 1.82) is 0 Å². The molecule has 2 aromatic heterocycles. The fourth-order valence-electron chi connectivity index (χ4n) is 3.77. The van der Waals surface area contributed by atoms with Gasteiger partial charge in [0.1, 0.15) is 15.4 Å². The number of alkyl halides is 1. The lowest BCUT2D eigenvalue weighted by Gasteiger charge is -2.14. The van der Waals surface area contributed by atoms with Crippen LogP contribution < -0.4 is 0 Å². The average Bonchev–Trinajstić information content (AvgIpc) is 3.46. The van der Waals surface area contributed by atoms with Crippen molar-refractivity contribution in [3.63, 3.8) is 0 Å². The predicted molar refractivity (Wildman–Crippen MR) is 119 cm³/mol. The quantitative estimate of drug-likeness (QED) is 0.198. The van der Waals surface area contributed by atoms with Gasteiger partial charge in [-0.25, -0.2) is 9.97 Å². The van der Waals surface area contributed by atoms with Gasteiger partial charge in [-0.2, -0.15) is 0 Å². The minimum atomic E-state index is -0.346. The van der Waals surface area contributed by atoms with Gasteiger partial charge in [0.2, 0.25) is 0 Å². The van der Waals surface area contributed by atoms with Crippen LogP contribution in [-0.4, -0.2) is 14.9 Å². The van der Waals surface area contributed by atoms with Gasteiger partial charge in [-0.05, 0) is 42.2 Å². The summed E-state index contributed by atoms with van der Waals surface area (Å²) in [5.74, 6) is 0. The molecule has 0 atom stereocenters. The number of benzene rings is 2. The van der Waals surface area contributed by atoms with Crippen molar-refractivity contribution in [2.75, 3.05) is 0 Å². The van der Waals surface area contributed by atoms with Gasteiger partial charge >= 0.3 is 0 Å². The Morgan fingerprint density at radius 3 is 2.55 bits per heavy atom. The number of halogens is 1. The molecule has 5 rings (SSSR count). The Morgan fingerprint density at radius 2 is 1.86 bits per heavy atom. The summed E-state index contributed by atoms with van der Waals surface area (Å²) in [5, 5.41) is 12.8. The molecule has 0 spiro atoms. The van der Waals surface area contributed by atoms with E-state index in [2.05, 4.69) is 45.2 Å². The Morgan fingerprint density at radius 1 is 1.07 bits per heavy atom. The molecule has 0 unspecified atom stereocenters. The number of hydrogen-bond donors (Lipinski definition) is 0. The second kappa shape index (κ2) is 7.00. The monoisotopic (exact) mass is 465 g/mol. The fraction of sp³-hybridized carbons (Fsp3) is 0.182. The van der Waals surface area contributed by atoms with E-state index in [9.17, 15) is 10.1 Å². The van der Waals surface area contributed by atoms with Gasteiger partial charge in [-0.15, -0.1) is 0 Å². The molecule has 5 nitrogen and oxygen atoms in total. The smallest absolute Gasteiger partial charge is 0.258 e. The van der Waals surface area contributed by atoms with Gasteiger partial charge in [0.05, 0.1) is 16.2 Å². The highest BCUT2D eigenvalue weighted by Crippen LogP contribution is 2.53. The van der Waals surface area contributed by atoms with Crippen LogP contribution in [-0.2, 0) is 10.7 Å². The zero-order chi connectivity index (χ0) is 20.0. The van der Waals surface area contributed by atoms with E-state index in [-0.39, 0.29) is 16.0 Å². The molecule has 1 saturated carbocycles. The molecule has 1 aliphatic carbocycles. The molecule has 1 fully saturated rings. The number of pyridine rings is 1. The Hall–Kier alpha value is -2.64. The molecule has 0 radical (unpaired) electrons. The van der Waals surface area contributed by atoms with Crippen molar-refractivity contribution >= 4 is 43.3 Å². The van der Waals surface area contributed by atoms with Crippen molar-refractivity contribution in [2.45, 2.75) is 23.6 Å². The van der Waals surface area contributed by atoms with Gasteiger partial charge in [-0.3, -0.25) is 10.1 Å². The van der Waals surface area contributed by atoms with Gasteiger partial charge in [0, 0.05) is 16.8 Å². The maximum absolute atomic E-state index is 11.6. The summed E-state index contributed by atoms with van der Waals surface area (Å²) in [6.45, 7) is 0. The Kier molecular flexibility index (Phi) is 4.44. The lowest BCUT2D eigenvalue weighted by atomic mass is 9.92. The minimum Gasteiger partial charge on any atom is -0.258 e. The highest BCUT2D eigenvalue weighted by Gasteiger charge is 2.47. The first kappa shape index (κ1) is 18.4. The first-order chi connectivity index (χ1) is 14.1. The van der Waals surface area contributed by atoms with Gasteiger partial charge in [-0.1, -0.05) is 63.7 Å². The summed E-state index contributed by atoms with van der Waals surface area (Å²) < 4.78 is 0. The summed E-state index contributed by atoms with van der Waals surface area (Å²) in [7, 11) is 0. The number of nitro benzene ring substituents is 1. The van der Waals surface area contributed by atoms with E-state index >= 15 is 0 Å². The van der Waals surface area contributed by atoms with Gasteiger partial charge in [0.15, 0.2) is 0 Å². The van der Waals surface area contributed by atoms with Crippen LogP contribution >= 0.6 is 27.3 Å². The highest BCUT2D eigenvalue weighted by atomic mass is 79.9.